The van der Waals surface area contributed by atoms with E-state index in [1.165, 1.54) is 36.5 Å². The molecule has 1 N–H and O–H groups in total. The lowest BCUT2D eigenvalue weighted by Gasteiger charge is -2.30. The van der Waals surface area contributed by atoms with Crippen molar-refractivity contribution >= 4 is 34.7 Å². The van der Waals surface area contributed by atoms with Crippen molar-refractivity contribution in [2.24, 2.45) is 0 Å². The first-order chi connectivity index (χ1) is 14.2. The molecule has 0 saturated carbocycles. The number of ether oxygens (including phenoxy) is 1. The summed E-state index contributed by atoms with van der Waals surface area (Å²) < 4.78 is 47.4. The van der Waals surface area contributed by atoms with Gasteiger partial charge in [-0.3, -0.25) is 9.78 Å². The lowest BCUT2D eigenvalue weighted by Crippen LogP contribution is -2.41. The van der Waals surface area contributed by atoms with E-state index in [0.717, 1.165) is 18.9 Å². The number of amides is 1. The molecule has 0 fully saturated rings. The third kappa shape index (κ3) is 4.63. The minimum absolute atomic E-state index is 0.0724. The topological polar surface area (TPSA) is 51.2 Å². The van der Waals surface area contributed by atoms with Crippen molar-refractivity contribution in [3.05, 3.63) is 69.5 Å². The summed E-state index contributed by atoms with van der Waals surface area (Å²) in [5.41, 5.74) is -2.03. The number of pyridine rings is 1. The number of aromatic nitrogens is 1. The minimum Gasteiger partial charge on any atom is -0.352 e. The van der Waals surface area contributed by atoms with E-state index in [1.54, 1.807) is 0 Å². The Morgan fingerprint density at radius 3 is 2.50 bits per heavy atom. The van der Waals surface area contributed by atoms with Gasteiger partial charge in [0.15, 0.2) is 0 Å². The lowest BCUT2D eigenvalue weighted by molar-refractivity contribution is -0.254. The number of rotatable bonds is 6. The zero-order valence-corrected chi connectivity index (χ0v) is 17.5. The van der Waals surface area contributed by atoms with E-state index in [1.807, 2.05) is 6.92 Å². The van der Waals surface area contributed by atoms with Crippen LogP contribution in [0.3, 0.4) is 0 Å². The van der Waals surface area contributed by atoms with Crippen molar-refractivity contribution in [3.8, 4) is 0 Å². The zero-order chi connectivity index (χ0) is 21.9. The third-order valence-corrected chi connectivity index (χ3v) is 5.15. The summed E-state index contributed by atoms with van der Waals surface area (Å²) in [6, 6.07) is 6.73. The molecule has 2 aromatic rings. The Labute approximate surface area is 182 Å². The molecule has 2 heterocycles. The number of hydrogen-bond acceptors (Lipinski definition) is 3. The number of nitrogens with zero attached hydrogens (tertiary/aromatic N) is 1. The molecule has 160 valence electrons. The van der Waals surface area contributed by atoms with Crippen LogP contribution in [0.5, 0.6) is 0 Å². The molecule has 1 unspecified atom stereocenters. The highest BCUT2D eigenvalue weighted by molar-refractivity contribution is 6.34. The van der Waals surface area contributed by atoms with Gasteiger partial charge in [-0.25, -0.2) is 0 Å². The van der Waals surface area contributed by atoms with Crippen LogP contribution in [0.25, 0.3) is 5.57 Å². The van der Waals surface area contributed by atoms with Crippen LogP contribution in [0.2, 0.25) is 10.0 Å². The van der Waals surface area contributed by atoms with E-state index in [0.29, 0.717) is 17.8 Å². The molecule has 0 spiro atoms. The number of nitrogens with one attached hydrogen (secondary N) is 1. The predicted octanol–water partition coefficient (Wildman–Crippen LogP) is 5.79. The molecule has 0 radical (unpaired) electrons. The summed E-state index contributed by atoms with van der Waals surface area (Å²) >= 11 is 11.8. The maximum absolute atomic E-state index is 14.0. The van der Waals surface area contributed by atoms with Gasteiger partial charge >= 0.3 is 6.18 Å². The molecule has 30 heavy (non-hydrogen) atoms. The van der Waals surface area contributed by atoms with Crippen molar-refractivity contribution in [2.75, 3.05) is 13.2 Å². The van der Waals surface area contributed by atoms with Gasteiger partial charge in [-0.05, 0) is 48.4 Å². The van der Waals surface area contributed by atoms with Crippen molar-refractivity contribution < 1.29 is 22.7 Å². The quantitative estimate of drug-likeness (QED) is 0.557. The molecule has 1 amide bonds. The molecule has 1 atom stereocenters. The van der Waals surface area contributed by atoms with Crippen LogP contribution in [-0.2, 0) is 10.3 Å². The van der Waals surface area contributed by atoms with Gasteiger partial charge in [-0.15, -0.1) is 0 Å². The fourth-order valence-electron chi connectivity index (χ4n) is 3.13. The van der Waals surface area contributed by atoms with Gasteiger partial charge in [-0.2, -0.15) is 13.2 Å². The van der Waals surface area contributed by atoms with E-state index < -0.39 is 11.8 Å². The average Bonchev–Trinajstić information content (AvgIpc) is 3.14. The number of carbonyl (C=O) groups excluding carboxylic acids is 1. The van der Waals surface area contributed by atoms with Crippen LogP contribution < -0.4 is 5.32 Å². The monoisotopic (exact) mass is 458 g/mol. The molecule has 3 rings (SSSR count). The molecule has 0 bridgehead atoms. The minimum atomic E-state index is -4.75. The van der Waals surface area contributed by atoms with Crippen LogP contribution >= 0.6 is 23.2 Å². The summed E-state index contributed by atoms with van der Waals surface area (Å²) in [6.45, 7) is 2.25. The maximum atomic E-state index is 14.0. The highest BCUT2D eigenvalue weighted by Gasteiger charge is 2.58. The van der Waals surface area contributed by atoms with Crippen molar-refractivity contribution in [1.82, 2.24) is 10.3 Å². The first-order valence-electron chi connectivity index (χ1n) is 9.30. The van der Waals surface area contributed by atoms with Crippen LogP contribution in [0.4, 0.5) is 13.2 Å². The largest absolute Gasteiger partial charge is 0.425 e. The van der Waals surface area contributed by atoms with Gasteiger partial charge in [0.25, 0.3) is 5.91 Å². The standard InChI is InChI=1S/C21H19Cl2F3N2O2/c1-2-3-6-27-19(29)13-4-5-18(28-11-13)14-10-20(30-12-14,21(24,25)26)15-7-16(22)9-17(23)8-15/h4-5,7-11H,2-3,6,12H2,1H3,(H,27,29). The lowest BCUT2D eigenvalue weighted by atomic mass is 9.91. The number of alkyl halides is 3. The second-order valence-corrected chi connectivity index (χ2v) is 7.76. The van der Waals surface area contributed by atoms with Gasteiger partial charge < -0.3 is 10.1 Å². The van der Waals surface area contributed by atoms with Crippen LogP contribution in [0.1, 0.15) is 41.4 Å². The number of benzene rings is 1. The van der Waals surface area contributed by atoms with Gasteiger partial charge in [0.05, 0.1) is 17.9 Å². The molecule has 0 saturated heterocycles. The summed E-state index contributed by atoms with van der Waals surface area (Å²) in [4.78, 5) is 16.2. The van der Waals surface area contributed by atoms with Crippen molar-refractivity contribution in [2.45, 2.75) is 31.5 Å². The molecular weight excluding hydrogens is 440 g/mol. The van der Waals surface area contributed by atoms with E-state index in [9.17, 15) is 18.0 Å². The Kier molecular flexibility index (Phi) is 6.75. The fourth-order valence-corrected chi connectivity index (χ4v) is 3.66. The summed E-state index contributed by atoms with van der Waals surface area (Å²) in [5.74, 6) is -0.280. The molecule has 0 aliphatic carbocycles. The SMILES string of the molecule is CCCCNC(=O)c1ccc(C2=CC(c3cc(Cl)cc(Cl)c3)(C(F)(F)F)OC2)nc1. The van der Waals surface area contributed by atoms with Crippen LogP contribution in [0, 0.1) is 0 Å². The highest BCUT2D eigenvalue weighted by Crippen LogP contribution is 2.49. The molecule has 1 aromatic heterocycles. The number of unbranched alkanes of at least 4 members (excludes halogenated alkanes) is 1. The van der Waals surface area contributed by atoms with Crippen molar-refractivity contribution in [3.63, 3.8) is 0 Å². The van der Waals surface area contributed by atoms with Crippen LogP contribution in [-0.4, -0.2) is 30.2 Å². The maximum Gasteiger partial charge on any atom is 0.425 e. The number of halogens is 5. The molecule has 9 heteroatoms. The Morgan fingerprint density at radius 1 is 1.23 bits per heavy atom. The van der Waals surface area contributed by atoms with Crippen LogP contribution in [0.15, 0.2) is 42.6 Å². The predicted molar refractivity (Wildman–Crippen MR) is 110 cm³/mol. The smallest absolute Gasteiger partial charge is 0.352 e. The Balaban J connectivity index is 1.91. The molecule has 1 aliphatic rings. The van der Waals surface area contributed by atoms with E-state index in [4.69, 9.17) is 27.9 Å². The van der Waals surface area contributed by atoms with E-state index >= 15 is 0 Å². The van der Waals surface area contributed by atoms with Gasteiger partial charge in [0.2, 0.25) is 5.60 Å². The molecular formula is C21H19Cl2F3N2O2. The van der Waals surface area contributed by atoms with E-state index in [2.05, 4.69) is 10.3 Å². The fraction of sp³-hybridized carbons (Fsp3) is 0.333. The van der Waals surface area contributed by atoms with E-state index in [-0.39, 0.29) is 33.7 Å². The molecule has 1 aliphatic heterocycles. The summed E-state index contributed by atoms with van der Waals surface area (Å²) in [7, 11) is 0. The van der Waals surface area contributed by atoms with Gasteiger partial charge in [-0.1, -0.05) is 36.5 Å². The average molecular weight is 459 g/mol. The second kappa shape index (κ2) is 8.96. The summed E-state index contributed by atoms with van der Waals surface area (Å²) in [6.07, 6.45) is -0.625. The van der Waals surface area contributed by atoms with Crippen molar-refractivity contribution in [1.29, 1.82) is 0 Å². The second-order valence-electron chi connectivity index (χ2n) is 6.89. The summed E-state index contributed by atoms with van der Waals surface area (Å²) in [5, 5.41) is 2.91. The van der Waals surface area contributed by atoms with Gasteiger partial charge in [0.1, 0.15) is 0 Å². The first kappa shape index (κ1) is 22.6. The third-order valence-electron chi connectivity index (χ3n) is 4.72. The Morgan fingerprint density at radius 2 is 1.93 bits per heavy atom. The highest BCUT2D eigenvalue weighted by atomic mass is 35.5. The Bertz CT molecular complexity index is 941. The number of carbonyl (C=O) groups is 1. The number of hydrogen-bond donors (Lipinski definition) is 1. The Hall–Kier alpha value is -2.09. The molecule has 1 aromatic carbocycles. The zero-order valence-electron chi connectivity index (χ0n) is 16.0. The van der Waals surface area contributed by atoms with Gasteiger partial charge in [0, 0.05) is 28.4 Å². The normalized spacial score (nSPS) is 18.9. The molecule has 4 nitrogen and oxygen atoms in total. The first-order valence-corrected chi connectivity index (χ1v) is 10.1.